The van der Waals surface area contributed by atoms with Gasteiger partial charge in [0.15, 0.2) is 0 Å². The lowest BCUT2D eigenvalue weighted by atomic mass is 9.64. The summed E-state index contributed by atoms with van der Waals surface area (Å²) < 4.78 is 0.454. The van der Waals surface area contributed by atoms with Gasteiger partial charge in [0.2, 0.25) is 0 Å². The first-order valence-electron chi connectivity index (χ1n) is 5.71. The number of nitro benzene ring substituents is 1. The van der Waals surface area contributed by atoms with E-state index < -0.39 is 4.92 Å². The summed E-state index contributed by atoms with van der Waals surface area (Å²) in [6.07, 6.45) is 0.401. The van der Waals surface area contributed by atoms with Crippen molar-refractivity contribution < 1.29 is 10.0 Å². The van der Waals surface area contributed by atoms with Gasteiger partial charge in [-0.05, 0) is 34.5 Å². The van der Waals surface area contributed by atoms with Crippen LogP contribution >= 0.6 is 15.9 Å². The summed E-state index contributed by atoms with van der Waals surface area (Å²) >= 11 is 3.19. The number of anilines is 1. The van der Waals surface area contributed by atoms with Crippen LogP contribution in [-0.4, -0.2) is 22.2 Å². The van der Waals surface area contributed by atoms with Crippen LogP contribution in [0.1, 0.15) is 20.3 Å². The number of halogens is 1. The van der Waals surface area contributed by atoms with Crippen molar-refractivity contribution >= 4 is 27.3 Å². The number of nitrogens with one attached hydrogen (secondary N) is 1. The molecule has 0 amide bonds. The van der Waals surface area contributed by atoms with Crippen LogP contribution in [0.4, 0.5) is 11.4 Å². The number of aliphatic hydroxyl groups is 1. The van der Waals surface area contributed by atoms with E-state index in [-0.39, 0.29) is 23.2 Å². The minimum Gasteiger partial charge on any atom is -0.392 e. The van der Waals surface area contributed by atoms with Crippen molar-refractivity contribution in [1.29, 1.82) is 0 Å². The molecular formula is C12H15BrN2O3. The zero-order valence-corrected chi connectivity index (χ0v) is 11.8. The molecule has 2 N–H and O–H groups in total. The Morgan fingerprint density at radius 1 is 1.56 bits per heavy atom. The van der Waals surface area contributed by atoms with E-state index in [1.165, 1.54) is 6.07 Å². The lowest BCUT2D eigenvalue weighted by molar-refractivity contribution is -0.385. The molecule has 0 aromatic heterocycles. The highest BCUT2D eigenvalue weighted by Crippen LogP contribution is 2.42. The second-order valence-electron chi connectivity index (χ2n) is 5.19. The zero-order valence-electron chi connectivity index (χ0n) is 10.2. The topological polar surface area (TPSA) is 75.4 Å². The van der Waals surface area contributed by atoms with Crippen LogP contribution in [0.15, 0.2) is 22.7 Å². The first kappa shape index (κ1) is 13.3. The maximum Gasteiger partial charge on any atom is 0.283 e. The Morgan fingerprint density at radius 3 is 2.67 bits per heavy atom. The zero-order chi connectivity index (χ0) is 13.5. The standard InChI is InChI=1S/C12H15BrN2O3/c1-12(2)10(6-11(12)16)14-7-3-4-9(15(17)18)8(13)5-7/h3-5,10-11,14,16H,6H2,1-2H3. The summed E-state index contributed by atoms with van der Waals surface area (Å²) in [5.41, 5.74) is 0.694. The molecule has 98 valence electrons. The molecule has 6 heteroatoms. The van der Waals surface area contributed by atoms with Crippen LogP contribution in [-0.2, 0) is 0 Å². The van der Waals surface area contributed by atoms with E-state index in [1.54, 1.807) is 12.1 Å². The fraction of sp³-hybridized carbons (Fsp3) is 0.500. The molecule has 2 unspecified atom stereocenters. The maximum absolute atomic E-state index is 10.7. The van der Waals surface area contributed by atoms with Crippen LogP contribution in [0, 0.1) is 15.5 Å². The average molecular weight is 315 g/mol. The van der Waals surface area contributed by atoms with Crippen LogP contribution < -0.4 is 5.32 Å². The van der Waals surface area contributed by atoms with Gasteiger partial charge in [0.1, 0.15) is 0 Å². The van der Waals surface area contributed by atoms with Gasteiger partial charge in [0.05, 0.1) is 15.5 Å². The predicted octanol–water partition coefficient (Wildman–Crippen LogP) is 2.93. The predicted molar refractivity (Wildman–Crippen MR) is 72.6 cm³/mol. The van der Waals surface area contributed by atoms with Gasteiger partial charge in [-0.1, -0.05) is 13.8 Å². The summed E-state index contributed by atoms with van der Waals surface area (Å²) in [5, 5.41) is 23.6. The van der Waals surface area contributed by atoms with E-state index in [0.717, 1.165) is 5.69 Å². The number of benzene rings is 1. The third-order valence-corrected chi connectivity index (χ3v) is 4.34. The third-order valence-electron chi connectivity index (χ3n) is 3.70. The van der Waals surface area contributed by atoms with Crippen LogP contribution in [0.3, 0.4) is 0 Å². The molecule has 2 rings (SSSR count). The normalized spacial score (nSPS) is 25.3. The van der Waals surface area contributed by atoms with Gasteiger partial charge in [0.25, 0.3) is 5.69 Å². The van der Waals surface area contributed by atoms with Crippen molar-refractivity contribution in [3.63, 3.8) is 0 Å². The molecule has 1 aromatic carbocycles. The highest BCUT2D eigenvalue weighted by molar-refractivity contribution is 9.10. The molecule has 18 heavy (non-hydrogen) atoms. The monoisotopic (exact) mass is 314 g/mol. The number of nitro groups is 1. The number of hydrogen-bond acceptors (Lipinski definition) is 4. The van der Waals surface area contributed by atoms with Crippen molar-refractivity contribution in [2.24, 2.45) is 5.41 Å². The van der Waals surface area contributed by atoms with Crippen LogP contribution in [0.5, 0.6) is 0 Å². The van der Waals surface area contributed by atoms with Gasteiger partial charge >= 0.3 is 0 Å². The molecule has 1 saturated carbocycles. The molecule has 1 aliphatic rings. The van der Waals surface area contributed by atoms with Gasteiger partial charge in [-0.25, -0.2) is 0 Å². The SMILES string of the molecule is CC1(C)C(O)CC1Nc1ccc([N+](=O)[O-])c(Br)c1. The van der Waals surface area contributed by atoms with E-state index in [0.29, 0.717) is 10.9 Å². The lowest BCUT2D eigenvalue weighted by Gasteiger charge is -2.49. The van der Waals surface area contributed by atoms with Crippen molar-refractivity contribution in [3.05, 3.63) is 32.8 Å². The highest BCUT2D eigenvalue weighted by Gasteiger charge is 2.47. The van der Waals surface area contributed by atoms with Crippen LogP contribution in [0.2, 0.25) is 0 Å². The molecule has 0 aliphatic heterocycles. The molecule has 1 aromatic rings. The molecule has 0 spiro atoms. The summed E-state index contributed by atoms with van der Waals surface area (Å²) in [4.78, 5) is 10.3. The van der Waals surface area contributed by atoms with Crippen molar-refractivity contribution in [2.45, 2.75) is 32.4 Å². The molecule has 0 bridgehead atoms. The minimum atomic E-state index is -0.426. The quantitative estimate of drug-likeness (QED) is 0.664. The van der Waals surface area contributed by atoms with Crippen LogP contribution in [0.25, 0.3) is 0 Å². The second-order valence-corrected chi connectivity index (χ2v) is 6.05. The Bertz CT molecular complexity index is 490. The van der Waals surface area contributed by atoms with E-state index in [1.807, 2.05) is 13.8 Å². The van der Waals surface area contributed by atoms with E-state index >= 15 is 0 Å². The molecule has 5 nitrogen and oxygen atoms in total. The van der Waals surface area contributed by atoms with Crippen molar-refractivity contribution in [1.82, 2.24) is 0 Å². The van der Waals surface area contributed by atoms with Crippen molar-refractivity contribution in [2.75, 3.05) is 5.32 Å². The van der Waals surface area contributed by atoms with Gasteiger partial charge in [-0.2, -0.15) is 0 Å². The van der Waals surface area contributed by atoms with Gasteiger partial charge < -0.3 is 10.4 Å². The Labute approximate surface area is 113 Å². The Balaban J connectivity index is 2.12. The summed E-state index contributed by atoms with van der Waals surface area (Å²) in [7, 11) is 0. The van der Waals surface area contributed by atoms with E-state index in [4.69, 9.17) is 0 Å². The number of nitrogens with zero attached hydrogens (tertiary/aromatic N) is 1. The van der Waals surface area contributed by atoms with Crippen molar-refractivity contribution in [3.8, 4) is 0 Å². The minimum absolute atomic E-state index is 0.0495. The molecule has 0 radical (unpaired) electrons. The van der Waals surface area contributed by atoms with E-state index in [9.17, 15) is 15.2 Å². The Kier molecular flexibility index (Phi) is 3.33. The number of rotatable bonds is 3. The Hall–Kier alpha value is -1.14. The average Bonchev–Trinajstić information content (AvgIpc) is 2.28. The summed E-state index contributed by atoms with van der Waals surface area (Å²) in [6.45, 7) is 4.00. The summed E-state index contributed by atoms with van der Waals surface area (Å²) in [5.74, 6) is 0. The van der Waals surface area contributed by atoms with Gasteiger partial charge in [-0.15, -0.1) is 0 Å². The fourth-order valence-corrected chi connectivity index (χ4v) is 2.62. The summed E-state index contributed by atoms with van der Waals surface area (Å²) in [6, 6.07) is 5.03. The molecular weight excluding hydrogens is 300 g/mol. The lowest BCUT2D eigenvalue weighted by Crippen LogP contribution is -2.56. The molecule has 0 heterocycles. The molecule has 0 saturated heterocycles. The highest BCUT2D eigenvalue weighted by atomic mass is 79.9. The first-order chi connectivity index (χ1) is 8.32. The molecule has 2 atom stereocenters. The van der Waals surface area contributed by atoms with Gasteiger partial charge in [-0.3, -0.25) is 10.1 Å². The van der Waals surface area contributed by atoms with Gasteiger partial charge in [0, 0.05) is 23.2 Å². The largest absolute Gasteiger partial charge is 0.392 e. The maximum atomic E-state index is 10.7. The second kappa shape index (κ2) is 4.51. The Morgan fingerprint density at radius 2 is 2.22 bits per heavy atom. The number of aliphatic hydroxyl groups excluding tert-OH is 1. The first-order valence-corrected chi connectivity index (χ1v) is 6.50. The third kappa shape index (κ3) is 2.22. The smallest absolute Gasteiger partial charge is 0.283 e. The van der Waals surface area contributed by atoms with E-state index in [2.05, 4.69) is 21.2 Å². The number of hydrogen-bond donors (Lipinski definition) is 2. The molecule has 1 aliphatic carbocycles. The molecule has 1 fully saturated rings. The fourth-order valence-electron chi connectivity index (χ4n) is 2.09.